The van der Waals surface area contributed by atoms with Crippen LogP contribution in [0.1, 0.15) is 412 Å². The van der Waals surface area contributed by atoms with E-state index in [-0.39, 0.29) is 25.6 Å². The molecule has 0 fully saturated rings. The Bertz CT molecular complexity index is 1530. The summed E-state index contributed by atoms with van der Waals surface area (Å²) >= 11 is 0. The van der Waals surface area contributed by atoms with Gasteiger partial charge in [-0.2, -0.15) is 0 Å². The van der Waals surface area contributed by atoms with Crippen LogP contribution in [0.4, 0.5) is 0 Å². The highest BCUT2D eigenvalue weighted by molar-refractivity contribution is 7.47. The van der Waals surface area contributed by atoms with Crippen molar-refractivity contribution >= 4 is 19.8 Å². The van der Waals surface area contributed by atoms with Crippen LogP contribution in [0.5, 0.6) is 0 Å². The van der Waals surface area contributed by atoms with Crippen LogP contribution in [0.2, 0.25) is 0 Å². The average molecular weight is 1260 g/mol. The maximum Gasteiger partial charge on any atom is 0.472 e. The number of rotatable bonds is 74. The number of hydrogen-bond acceptors (Lipinski definition) is 7. The zero-order valence-corrected chi connectivity index (χ0v) is 60.6. The molecule has 2 unspecified atom stereocenters. The molecule has 0 spiro atoms. The van der Waals surface area contributed by atoms with E-state index in [1.807, 2.05) is 21.1 Å². The summed E-state index contributed by atoms with van der Waals surface area (Å²) in [6, 6.07) is 0. The molecule has 88 heavy (non-hydrogen) atoms. The maximum atomic E-state index is 12.9. The first kappa shape index (κ1) is 86.5. The molecule has 0 rings (SSSR count). The molecule has 0 aromatic rings. The van der Waals surface area contributed by atoms with E-state index >= 15 is 0 Å². The van der Waals surface area contributed by atoms with Crippen molar-refractivity contribution < 1.29 is 42.1 Å². The second-order valence-corrected chi connectivity index (χ2v) is 29.6. The predicted octanol–water partition coefficient (Wildman–Crippen LogP) is 25.6. The van der Waals surface area contributed by atoms with Crippen molar-refractivity contribution in [1.29, 1.82) is 0 Å². The third-order valence-corrected chi connectivity index (χ3v) is 19.0. The molecule has 0 heterocycles. The standard InChI is InChI=1S/C78H152NO8P/c1-6-8-10-12-14-16-18-20-22-24-26-28-30-32-34-36-37-38-39-40-41-43-45-47-49-51-53-55-57-59-61-63-65-67-69-71-78(81)87-76(75-86-88(82,83)85-73-72-79(3,4)5)74-84-77(80)70-68-66-64-62-60-58-56-54-52-50-48-46-44-42-35-33-31-29-27-25-23-21-19-17-15-13-11-9-7-2/h18,20,24,26,76H,6-17,19,21-23,25,27-75H2,1-5H3/p+1/b20-18-,26-24-. The van der Waals surface area contributed by atoms with Gasteiger partial charge in [-0.15, -0.1) is 0 Å². The minimum Gasteiger partial charge on any atom is -0.462 e. The molecule has 0 bridgehead atoms. The van der Waals surface area contributed by atoms with Crippen LogP contribution in [-0.2, 0) is 32.7 Å². The van der Waals surface area contributed by atoms with E-state index in [0.29, 0.717) is 17.4 Å². The van der Waals surface area contributed by atoms with Gasteiger partial charge >= 0.3 is 19.8 Å². The highest BCUT2D eigenvalue weighted by Gasteiger charge is 2.27. The normalized spacial score (nSPS) is 13.1. The Morgan fingerprint density at radius 1 is 0.352 bits per heavy atom. The lowest BCUT2D eigenvalue weighted by Crippen LogP contribution is -2.37. The van der Waals surface area contributed by atoms with E-state index in [0.717, 1.165) is 44.9 Å². The Kier molecular flexibility index (Phi) is 68.6. The number of esters is 2. The van der Waals surface area contributed by atoms with Crippen molar-refractivity contribution in [2.75, 3.05) is 47.5 Å². The van der Waals surface area contributed by atoms with Gasteiger partial charge in [-0.1, -0.05) is 378 Å². The van der Waals surface area contributed by atoms with Crippen LogP contribution in [0.25, 0.3) is 0 Å². The second-order valence-electron chi connectivity index (χ2n) is 28.1. The van der Waals surface area contributed by atoms with Gasteiger partial charge in [0.25, 0.3) is 0 Å². The highest BCUT2D eigenvalue weighted by atomic mass is 31.2. The average Bonchev–Trinajstić information content (AvgIpc) is 3.57. The Hall–Kier alpha value is -1.51. The number of carbonyl (C=O) groups is 2. The number of ether oxygens (including phenoxy) is 2. The Morgan fingerprint density at radius 3 is 0.898 bits per heavy atom. The van der Waals surface area contributed by atoms with Gasteiger partial charge in [0, 0.05) is 12.8 Å². The predicted molar refractivity (Wildman–Crippen MR) is 381 cm³/mol. The third kappa shape index (κ3) is 73.5. The summed E-state index contributed by atoms with van der Waals surface area (Å²) in [7, 11) is 1.51. The topological polar surface area (TPSA) is 108 Å². The SMILES string of the molecule is CCCCCCC/C=C\C/C=C\CCCCCCCCCCCCCCCCCCCCCCCCCC(=O)OC(COC(=O)CCCCCCCCCCCCCCCCCCCCCCCCCCCCCCC)COP(=O)(O)OCC[N+](C)(C)C. The number of quaternary nitrogens is 1. The first-order valence-electron chi connectivity index (χ1n) is 39.1. The molecule has 10 heteroatoms. The molecule has 0 aliphatic carbocycles. The van der Waals surface area contributed by atoms with Crippen LogP contribution in [0.3, 0.4) is 0 Å². The first-order chi connectivity index (χ1) is 43.0. The largest absolute Gasteiger partial charge is 0.472 e. The number of likely N-dealkylation sites (N-methyl/N-ethyl adjacent to an activating group) is 1. The smallest absolute Gasteiger partial charge is 0.462 e. The number of allylic oxidation sites excluding steroid dienone is 4. The Morgan fingerprint density at radius 2 is 0.614 bits per heavy atom. The molecule has 1 N–H and O–H groups in total. The maximum absolute atomic E-state index is 12.9. The fraction of sp³-hybridized carbons (Fsp3) is 0.923. The van der Waals surface area contributed by atoms with Crippen molar-refractivity contribution in [2.45, 2.75) is 418 Å². The van der Waals surface area contributed by atoms with E-state index in [4.69, 9.17) is 18.5 Å². The lowest BCUT2D eigenvalue weighted by atomic mass is 10.0. The fourth-order valence-corrected chi connectivity index (χ4v) is 12.7. The van der Waals surface area contributed by atoms with Crippen LogP contribution in [0, 0.1) is 0 Å². The van der Waals surface area contributed by atoms with E-state index in [1.165, 1.54) is 340 Å². The summed E-state index contributed by atoms with van der Waals surface area (Å²) in [5, 5.41) is 0. The summed E-state index contributed by atoms with van der Waals surface area (Å²) in [5.74, 6) is -0.769. The van der Waals surface area contributed by atoms with Crippen LogP contribution >= 0.6 is 7.82 Å². The lowest BCUT2D eigenvalue weighted by molar-refractivity contribution is -0.870. The molecule has 0 aliphatic rings. The van der Waals surface area contributed by atoms with Crippen molar-refractivity contribution in [3.63, 3.8) is 0 Å². The molecule has 2 atom stereocenters. The fourth-order valence-electron chi connectivity index (χ4n) is 12.0. The molecular weight excluding hydrogens is 1110 g/mol. The molecule has 0 saturated carbocycles. The monoisotopic (exact) mass is 1260 g/mol. The Balaban J connectivity index is 3.91. The molecule has 522 valence electrons. The summed E-state index contributed by atoms with van der Waals surface area (Å²) in [6.07, 6.45) is 88.9. The van der Waals surface area contributed by atoms with E-state index in [1.54, 1.807) is 0 Å². The van der Waals surface area contributed by atoms with Gasteiger partial charge in [-0.3, -0.25) is 18.6 Å². The van der Waals surface area contributed by atoms with Gasteiger partial charge in [0.1, 0.15) is 19.8 Å². The van der Waals surface area contributed by atoms with Crippen LogP contribution in [0.15, 0.2) is 24.3 Å². The second kappa shape index (κ2) is 69.8. The molecule has 0 radical (unpaired) electrons. The van der Waals surface area contributed by atoms with Gasteiger partial charge in [-0.05, 0) is 44.9 Å². The van der Waals surface area contributed by atoms with Crippen LogP contribution < -0.4 is 0 Å². The minimum atomic E-state index is -4.39. The molecule has 0 aliphatic heterocycles. The summed E-state index contributed by atoms with van der Waals surface area (Å²) < 4.78 is 34.8. The van der Waals surface area contributed by atoms with Crippen LogP contribution in [-0.4, -0.2) is 74.9 Å². The molecule has 0 amide bonds. The minimum absolute atomic E-state index is 0.0363. The zero-order chi connectivity index (χ0) is 64.1. The van der Waals surface area contributed by atoms with Gasteiger partial charge in [-0.25, -0.2) is 4.57 Å². The third-order valence-electron chi connectivity index (χ3n) is 18.0. The van der Waals surface area contributed by atoms with Gasteiger partial charge in [0.2, 0.25) is 0 Å². The number of phosphoric acid groups is 1. The first-order valence-corrected chi connectivity index (χ1v) is 40.6. The molecule has 0 aromatic carbocycles. The summed E-state index contributed by atoms with van der Waals surface area (Å²) in [6.45, 7) is 4.52. The number of carbonyl (C=O) groups excluding carboxylic acids is 2. The van der Waals surface area contributed by atoms with Gasteiger partial charge in [0.15, 0.2) is 6.10 Å². The number of nitrogens with zero attached hydrogens (tertiary/aromatic N) is 1. The quantitative estimate of drug-likeness (QED) is 0.0211. The number of unbranched alkanes of at least 4 members (excludes halogenated alkanes) is 56. The zero-order valence-electron chi connectivity index (χ0n) is 59.8. The lowest BCUT2D eigenvalue weighted by Gasteiger charge is -2.24. The van der Waals surface area contributed by atoms with Crippen molar-refractivity contribution in [1.82, 2.24) is 0 Å². The highest BCUT2D eigenvalue weighted by Crippen LogP contribution is 2.43. The number of phosphoric ester groups is 1. The molecule has 0 aromatic heterocycles. The van der Waals surface area contributed by atoms with Crippen molar-refractivity contribution in [2.24, 2.45) is 0 Å². The molecule has 9 nitrogen and oxygen atoms in total. The van der Waals surface area contributed by atoms with Crippen molar-refractivity contribution in [3.8, 4) is 0 Å². The van der Waals surface area contributed by atoms with E-state index in [2.05, 4.69) is 38.2 Å². The summed E-state index contributed by atoms with van der Waals surface area (Å²) in [4.78, 5) is 36.0. The van der Waals surface area contributed by atoms with Crippen molar-refractivity contribution in [3.05, 3.63) is 24.3 Å². The molecule has 0 saturated heterocycles. The van der Waals surface area contributed by atoms with Gasteiger partial charge in [0.05, 0.1) is 27.7 Å². The summed E-state index contributed by atoms with van der Waals surface area (Å²) in [5.41, 5.74) is 0. The Labute approximate surface area is 549 Å². The van der Waals surface area contributed by atoms with Gasteiger partial charge < -0.3 is 18.9 Å². The van der Waals surface area contributed by atoms with E-state index < -0.39 is 26.5 Å². The van der Waals surface area contributed by atoms with E-state index in [9.17, 15) is 19.0 Å². The molecular formula is C78H153NO8P+. The number of hydrogen-bond donors (Lipinski definition) is 1.